The van der Waals surface area contributed by atoms with Gasteiger partial charge >= 0.3 is 0 Å². The normalized spacial score (nSPS) is 12.9. The molecule has 0 saturated carbocycles. The molecule has 0 unspecified atom stereocenters. The number of fused-ring (bicyclic) bond motifs is 6. The molecule has 0 amide bonds. The summed E-state index contributed by atoms with van der Waals surface area (Å²) in [5.74, 6) is 0. The molecule has 0 N–H and O–H groups in total. The molecule has 1 aliphatic carbocycles. The molecule has 4 heteroatoms. The third kappa shape index (κ3) is 2.15. The fraction of sp³-hybridized carbons (Fsp3) is 0.125. The number of aryl methyl sites for hydroxylation is 3. The van der Waals surface area contributed by atoms with E-state index in [4.69, 9.17) is 15.1 Å². The third-order valence-electron chi connectivity index (χ3n) is 5.67. The molecular weight excluding hydrogens is 344 g/mol. The molecule has 0 atom stereocenters. The lowest BCUT2D eigenvalue weighted by atomic mass is 9.88. The summed E-state index contributed by atoms with van der Waals surface area (Å²) in [6, 6.07) is 21.0. The minimum absolute atomic E-state index is 0.854. The second kappa shape index (κ2) is 5.73. The molecule has 0 saturated heterocycles. The van der Waals surface area contributed by atoms with Gasteiger partial charge in [-0.2, -0.15) is 5.10 Å². The summed E-state index contributed by atoms with van der Waals surface area (Å²) >= 11 is 0. The van der Waals surface area contributed by atoms with Crippen LogP contribution in [0.3, 0.4) is 0 Å². The number of hydrogen-bond acceptors (Lipinski definition) is 3. The molecule has 0 bridgehead atoms. The fourth-order valence-corrected chi connectivity index (χ4v) is 4.33. The number of pyridine rings is 2. The van der Waals surface area contributed by atoms with Crippen molar-refractivity contribution in [3.8, 4) is 16.9 Å². The highest BCUT2D eigenvalue weighted by Gasteiger charge is 2.20. The average Bonchev–Trinajstić information content (AvgIpc) is 3.10. The van der Waals surface area contributed by atoms with Crippen molar-refractivity contribution < 1.29 is 0 Å². The van der Waals surface area contributed by atoms with Crippen LogP contribution in [0.15, 0.2) is 66.9 Å². The average molecular weight is 362 g/mol. The summed E-state index contributed by atoms with van der Waals surface area (Å²) in [6.45, 7) is 2.04. The number of nitrogens with zero attached hydrogens (tertiary/aromatic N) is 4. The van der Waals surface area contributed by atoms with Crippen LogP contribution in [0.1, 0.15) is 16.8 Å². The first-order valence-corrected chi connectivity index (χ1v) is 9.61. The quantitative estimate of drug-likeness (QED) is 0.419. The van der Waals surface area contributed by atoms with Crippen LogP contribution in [0, 0.1) is 6.92 Å². The van der Waals surface area contributed by atoms with Gasteiger partial charge in [-0.1, -0.05) is 42.5 Å². The third-order valence-corrected chi connectivity index (χ3v) is 5.67. The first-order chi connectivity index (χ1) is 13.8. The molecule has 2 aromatic carbocycles. The lowest BCUT2D eigenvalue weighted by Gasteiger charge is -2.19. The highest BCUT2D eigenvalue weighted by atomic mass is 15.3. The molecule has 28 heavy (non-hydrogen) atoms. The summed E-state index contributed by atoms with van der Waals surface area (Å²) in [5, 5.41) is 6.90. The lowest BCUT2D eigenvalue weighted by molar-refractivity contribution is 0.878. The zero-order chi connectivity index (χ0) is 18.7. The van der Waals surface area contributed by atoms with Crippen molar-refractivity contribution in [1.29, 1.82) is 0 Å². The summed E-state index contributed by atoms with van der Waals surface area (Å²) in [5.41, 5.74) is 8.85. The van der Waals surface area contributed by atoms with Gasteiger partial charge in [-0.05, 0) is 49.1 Å². The molecule has 4 nitrogen and oxygen atoms in total. The number of para-hydroxylation sites is 1. The van der Waals surface area contributed by atoms with Crippen molar-refractivity contribution in [2.24, 2.45) is 0 Å². The monoisotopic (exact) mass is 362 g/mol. The number of aromatic nitrogens is 4. The van der Waals surface area contributed by atoms with Crippen LogP contribution in [0.2, 0.25) is 0 Å². The smallest absolute Gasteiger partial charge is 0.165 e. The van der Waals surface area contributed by atoms with E-state index in [0.29, 0.717) is 0 Å². The van der Waals surface area contributed by atoms with E-state index in [-0.39, 0.29) is 0 Å². The molecule has 0 fully saturated rings. The van der Waals surface area contributed by atoms with Crippen LogP contribution in [0.4, 0.5) is 0 Å². The minimum atomic E-state index is 0.854. The zero-order valence-electron chi connectivity index (χ0n) is 15.6. The van der Waals surface area contributed by atoms with Crippen molar-refractivity contribution in [3.63, 3.8) is 0 Å². The highest BCUT2D eigenvalue weighted by molar-refractivity contribution is 6.04. The molecule has 6 rings (SSSR count). The van der Waals surface area contributed by atoms with Crippen LogP contribution < -0.4 is 0 Å². The molecule has 3 heterocycles. The summed E-state index contributed by atoms with van der Waals surface area (Å²) < 4.78 is 1.92. The Morgan fingerprint density at radius 3 is 2.57 bits per heavy atom. The zero-order valence-corrected chi connectivity index (χ0v) is 15.6. The largest absolute Gasteiger partial charge is 0.247 e. The Hall–Kier alpha value is -3.53. The number of benzene rings is 2. The van der Waals surface area contributed by atoms with E-state index in [9.17, 15) is 0 Å². The van der Waals surface area contributed by atoms with Crippen LogP contribution in [0.25, 0.3) is 38.9 Å². The van der Waals surface area contributed by atoms with E-state index < -0.39 is 0 Å². The second-order valence-corrected chi connectivity index (χ2v) is 7.38. The Kier molecular flexibility index (Phi) is 3.18. The van der Waals surface area contributed by atoms with Crippen molar-refractivity contribution in [2.75, 3.05) is 0 Å². The molecule has 134 valence electrons. The Bertz CT molecular complexity index is 1370. The van der Waals surface area contributed by atoms with E-state index in [1.165, 1.54) is 16.7 Å². The molecule has 0 spiro atoms. The summed E-state index contributed by atoms with van der Waals surface area (Å²) in [6.07, 6.45) is 4.03. The van der Waals surface area contributed by atoms with E-state index in [1.54, 1.807) is 0 Å². The van der Waals surface area contributed by atoms with Crippen molar-refractivity contribution in [1.82, 2.24) is 19.7 Å². The number of rotatable bonds is 1. The molecule has 0 aliphatic heterocycles. The van der Waals surface area contributed by atoms with Crippen LogP contribution in [0.5, 0.6) is 0 Å². The van der Waals surface area contributed by atoms with Gasteiger partial charge in [0.15, 0.2) is 5.65 Å². The van der Waals surface area contributed by atoms with Crippen molar-refractivity contribution in [3.05, 3.63) is 83.7 Å². The van der Waals surface area contributed by atoms with Gasteiger partial charge in [0.05, 0.1) is 28.0 Å². The first kappa shape index (κ1) is 15.5. The maximum atomic E-state index is 5.16. The maximum Gasteiger partial charge on any atom is 0.165 e. The molecule has 3 aromatic heterocycles. The van der Waals surface area contributed by atoms with E-state index in [1.807, 2.05) is 48.1 Å². The molecule has 5 aromatic rings. The Morgan fingerprint density at radius 1 is 0.893 bits per heavy atom. The first-order valence-electron chi connectivity index (χ1n) is 9.61. The Balaban J connectivity index is 1.68. The maximum absolute atomic E-state index is 5.16. The van der Waals surface area contributed by atoms with Gasteiger partial charge in [0.2, 0.25) is 0 Å². The van der Waals surface area contributed by atoms with Crippen LogP contribution in [-0.2, 0) is 12.8 Å². The second-order valence-electron chi connectivity index (χ2n) is 7.38. The van der Waals surface area contributed by atoms with E-state index in [2.05, 4.69) is 30.3 Å². The SMILES string of the molecule is Cc1nn(-c2ccccc2)c2ncc3cc4c(nc3c12)-c1ccccc1CC4. The topological polar surface area (TPSA) is 43.6 Å². The summed E-state index contributed by atoms with van der Waals surface area (Å²) in [7, 11) is 0. The van der Waals surface area contributed by atoms with Crippen molar-refractivity contribution in [2.45, 2.75) is 19.8 Å². The van der Waals surface area contributed by atoms with Gasteiger partial charge in [0.25, 0.3) is 0 Å². The minimum Gasteiger partial charge on any atom is -0.247 e. The molecular formula is C24H18N4. The van der Waals surface area contributed by atoms with Gasteiger partial charge in [-0.15, -0.1) is 0 Å². The van der Waals surface area contributed by atoms with Crippen LogP contribution >= 0.6 is 0 Å². The Morgan fingerprint density at radius 2 is 1.68 bits per heavy atom. The van der Waals surface area contributed by atoms with E-state index in [0.717, 1.165) is 51.9 Å². The highest BCUT2D eigenvalue weighted by Crippen LogP contribution is 2.36. The molecule has 0 radical (unpaired) electrons. The van der Waals surface area contributed by atoms with Crippen LogP contribution in [-0.4, -0.2) is 19.7 Å². The van der Waals surface area contributed by atoms with Gasteiger partial charge in [0.1, 0.15) is 0 Å². The lowest BCUT2D eigenvalue weighted by Crippen LogP contribution is -2.06. The molecule has 1 aliphatic rings. The van der Waals surface area contributed by atoms with Crippen molar-refractivity contribution >= 4 is 21.9 Å². The number of hydrogen-bond donors (Lipinski definition) is 0. The standard InChI is InChI=1S/C24H18N4/c1-15-21-23-18(14-25-24(21)28(27-15)19-8-3-2-4-9-19)13-17-12-11-16-7-5-6-10-20(16)22(17)26-23/h2-10,13-14H,11-12H2,1H3. The van der Waals surface area contributed by atoms with E-state index >= 15 is 0 Å². The summed E-state index contributed by atoms with van der Waals surface area (Å²) in [4.78, 5) is 9.92. The van der Waals surface area contributed by atoms with Gasteiger partial charge in [0, 0.05) is 17.1 Å². The van der Waals surface area contributed by atoms with Gasteiger partial charge in [-0.25, -0.2) is 14.6 Å². The Labute approximate surface area is 162 Å². The predicted octanol–water partition coefficient (Wildman–Crippen LogP) is 5.04. The predicted molar refractivity (Wildman–Crippen MR) is 112 cm³/mol. The van der Waals surface area contributed by atoms with Gasteiger partial charge < -0.3 is 0 Å². The fourth-order valence-electron chi connectivity index (χ4n) is 4.33. The van der Waals surface area contributed by atoms with Gasteiger partial charge in [-0.3, -0.25) is 0 Å².